The molecule has 1 N–H and O–H groups in total. The first-order valence-corrected chi connectivity index (χ1v) is 9.76. The van der Waals surface area contributed by atoms with Crippen LogP contribution in [0, 0.1) is 0 Å². The molecule has 0 saturated heterocycles. The lowest BCUT2D eigenvalue weighted by molar-refractivity contribution is -0.140. The second-order valence-electron chi connectivity index (χ2n) is 7.08. The Hall–Kier alpha value is -3.00. The van der Waals surface area contributed by atoms with Gasteiger partial charge in [-0.1, -0.05) is 24.3 Å². The molecule has 3 rings (SSSR count). The highest BCUT2D eigenvalue weighted by atomic mass is 19.4. The van der Waals surface area contributed by atoms with Crippen molar-refractivity contribution in [1.29, 1.82) is 0 Å². The molecule has 0 fully saturated rings. The van der Waals surface area contributed by atoms with E-state index < -0.39 is 17.7 Å². The number of para-hydroxylation sites is 1. The van der Waals surface area contributed by atoms with Crippen molar-refractivity contribution < 1.29 is 37.3 Å². The number of methoxy groups -OCH3 is 1. The molecule has 0 atom stereocenters. The van der Waals surface area contributed by atoms with E-state index in [2.05, 4.69) is 0 Å². The molecule has 5 nitrogen and oxygen atoms in total. The summed E-state index contributed by atoms with van der Waals surface area (Å²) in [7, 11) is 1.58. The van der Waals surface area contributed by atoms with E-state index in [4.69, 9.17) is 19.3 Å². The van der Waals surface area contributed by atoms with E-state index in [1.807, 2.05) is 24.3 Å². The first kappa shape index (κ1) is 22.7. The first-order valence-electron chi connectivity index (χ1n) is 9.76. The number of hydrogen-bond acceptors (Lipinski definition) is 4. The van der Waals surface area contributed by atoms with Crippen LogP contribution in [0.1, 0.15) is 29.5 Å². The second kappa shape index (κ2) is 9.87. The van der Waals surface area contributed by atoms with Crippen molar-refractivity contribution in [3.8, 4) is 11.5 Å². The highest BCUT2D eigenvalue weighted by molar-refractivity contribution is 5.74. The van der Waals surface area contributed by atoms with Gasteiger partial charge in [-0.3, -0.25) is 4.79 Å². The van der Waals surface area contributed by atoms with Gasteiger partial charge in [-0.05, 0) is 47.8 Å². The number of carbonyl (C=O) groups is 1. The van der Waals surface area contributed by atoms with Crippen molar-refractivity contribution >= 4 is 11.5 Å². The van der Waals surface area contributed by atoms with Gasteiger partial charge in [0.15, 0.2) is 0 Å². The predicted octanol–water partition coefficient (Wildman–Crippen LogP) is 4.98. The Bertz CT molecular complexity index is 966. The summed E-state index contributed by atoms with van der Waals surface area (Å²) in [6, 6.07) is 11.2. The minimum absolute atomic E-state index is 0.0591. The lowest BCUT2D eigenvalue weighted by atomic mass is 9.95. The molecular formula is C23H23F3O5. The van der Waals surface area contributed by atoms with E-state index in [-0.39, 0.29) is 30.8 Å². The molecule has 0 bridgehead atoms. The van der Waals surface area contributed by atoms with Crippen molar-refractivity contribution in [2.45, 2.75) is 25.4 Å². The largest absolute Gasteiger partial charge is 0.496 e. The lowest BCUT2D eigenvalue weighted by Crippen LogP contribution is -2.17. The van der Waals surface area contributed by atoms with E-state index in [9.17, 15) is 18.0 Å². The molecule has 2 aromatic carbocycles. The number of carboxylic acid groups (broad SMARTS) is 1. The van der Waals surface area contributed by atoms with Gasteiger partial charge >= 0.3 is 12.1 Å². The summed E-state index contributed by atoms with van der Waals surface area (Å²) in [5.41, 5.74) is 1.78. The number of ether oxygens (including phenoxy) is 3. The molecule has 31 heavy (non-hydrogen) atoms. The van der Waals surface area contributed by atoms with Crippen molar-refractivity contribution in [2.75, 3.05) is 26.9 Å². The number of rotatable bonds is 8. The number of benzene rings is 2. The van der Waals surface area contributed by atoms with Crippen LogP contribution in [-0.2, 0) is 22.1 Å². The Morgan fingerprint density at radius 2 is 1.97 bits per heavy atom. The molecular weight excluding hydrogens is 413 g/mol. The Kier molecular flexibility index (Phi) is 7.22. The summed E-state index contributed by atoms with van der Waals surface area (Å²) >= 11 is 0. The minimum Gasteiger partial charge on any atom is -0.496 e. The van der Waals surface area contributed by atoms with Gasteiger partial charge in [0.1, 0.15) is 18.1 Å². The maximum atomic E-state index is 13.5. The van der Waals surface area contributed by atoms with Gasteiger partial charge in [0.25, 0.3) is 0 Å². The Labute approximate surface area is 178 Å². The molecule has 0 unspecified atom stereocenters. The Balaban J connectivity index is 1.84. The fourth-order valence-electron chi connectivity index (χ4n) is 3.52. The number of alkyl halides is 3. The van der Waals surface area contributed by atoms with Crippen LogP contribution in [0.15, 0.2) is 48.0 Å². The van der Waals surface area contributed by atoms with Crippen LogP contribution < -0.4 is 9.47 Å². The van der Waals surface area contributed by atoms with Crippen LogP contribution in [0.4, 0.5) is 13.2 Å². The molecule has 0 saturated carbocycles. The molecule has 0 radical (unpaired) electrons. The van der Waals surface area contributed by atoms with Crippen LogP contribution in [0.2, 0.25) is 0 Å². The summed E-state index contributed by atoms with van der Waals surface area (Å²) in [5.74, 6) is -0.385. The first-order chi connectivity index (χ1) is 14.8. The number of hydrogen-bond donors (Lipinski definition) is 1. The fraction of sp³-hybridized carbons (Fsp3) is 0.348. The van der Waals surface area contributed by atoms with Crippen molar-refractivity contribution in [2.24, 2.45) is 0 Å². The molecule has 0 amide bonds. The Morgan fingerprint density at radius 1 is 1.19 bits per heavy atom. The highest BCUT2D eigenvalue weighted by Gasteiger charge is 2.34. The minimum atomic E-state index is -4.61. The Morgan fingerprint density at radius 3 is 2.68 bits per heavy atom. The SMILES string of the molecule is COc1ccccc1C1=C(COc2ccc(CCC(=O)O)c(C(F)(F)F)c2)COCC1. The fourth-order valence-corrected chi connectivity index (χ4v) is 3.52. The summed E-state index contributed by atoms with van der Waals surface area (Å²) in [4.78, 5) is 10.7. The second-order valence-corrected chi connectivity index (χ2v) is 7.08. The third kappa shape index (κ3) is 5.79. The molecule has 0 aliphatic carbocycles. The molecule has 1 heterocycles. The number of halogens is 3. The molecule has 1 aliphatic rings. The number of carboxylic acids is 1. The third-order valence-electron chi connectivity index (χ3n) is 5.04. The maximum Gasteiger partial charge on any atom is 0.416 e. The van der Waals surface area contributed by atoms with Crippen molar-refractivity contribution in [3.63, 3.8) is 0 Å². The van der Waals surface area contributed by atoms with Gasteiger partial charge in [0.05, 0.1) is 25.9 Å². The van der Waals surface area contributed by atoms with E-state index in [0.717, 1.165) is 22.8 Å². The van der Waals surface area contributed by atoms with Crippen LogP contribution in [0.3, 0.4) is 0 Å². The summed E-state index contributed by atoms with van der Waals surface area (Å²) < 4.78 is 57.1. The molecule has 166 valence electrons. The maximum absolute atomic E-state index is 13.5. The topological polar surface area (TPSA) is 65.0 Å². The van der Waals surface area contributed by atoms with Crippen LogP contribution >= 0.6 is 0 Å². The van der Waals surface area contributed by atoms with E-state index >= 15 is 0 Å². The monoisotopic (exact) mass is 436 g/mol. The van der Waals surface area contributed by atoms with Crippen LogP contribution in [0.25, 0.3) is 5.57 Å². The summed E-state index contributed by atoms with van der Waals surface area (Å²) in [6.07, 6.45) is -4.55. The molecule has 8 heteroatoms. The van der Waals surface area contributed by atoms with Gasteiger partial charge in [0.2, 0.25) is 0 Å². The number of aliphatic carboxylic acids is 1. The average Bonchev–Trinajstić information content (AvgIpc) is 2.76. The van der Waals surface area contributed by atoms with Gasteiger partial charge in [0, 0.05) is 12.0 Å². The van der Waals surface area contributed by atoms with E-state index in [0.29, 0.717) is 25.4 Å². The van der Waals surface area contributed by atoms with Crippen LogP contribution in [0.5, 0.6) is 11.5 Å². The summed E-state index contributed by atoms with van der Waals surface area (Å²) in [6.45, 7) is 0.919. The standard InChI is InChI=1S/C23H23F3O5/c1-29-21-5-3-2-4-19(21)18-10-11-30-13-16(18)14-31-17-8-6-15(7-9-22(27)28)20(12-17)23(24,25)26/h2-6,8,12H,7,9-11,13-14H2,1H3,(H,27,28). The smallest absolute Gasteiger partial charge is 0.416 e. The van der Waals surface area contributed by atoms with Crippen molar-refractivity contribution in [1.82, 2.24) is 0 Å². The average molecular weight is 436 g/mol. The zero-order chi connectivity index (χ0) is 22.4. The molecule has 2 aromatic rings. The third-order valence-corrected chi connectivity index (χ3v) is 5.04. The van der Waals surface area contributed by atoms with Crippen molar-refractivity contribution in [3.05, 3.63) is 64.7 Å². The van der Waals surface area contributed by atoms with E-state index in [1.54, 1.807) is 7.11 Å². The van der Waals surface area contributed by atoms with Gasteiger partial charge < -0.3 is 19.3 Å². The van der Waals surface area contributed by atoms with Gasteiger partial charge in [-0.2, -0.15) is 13.2 Å². The normalized spacial score (nSPS) is 14.5. The summed E-state index contributed by atoms with van der Waals surface area (Å²) in [5, 5.41) is 8.78. The zero-order valence-corrected chi connectivity index (χ0v) is 17.0. The van der Waals surface area contributed by atoms with Crippen LogP contribution in [-0.4, -0.2) is 38.0 Å². The predicted molar refractivity (Wildman–Crippen MR) is 108 cm³/mol. The van der Waals surface area contributed by atoms with Gasteiger partial charge in [-0.15, -0.1) is 0 Å². The number of aryl methyl sites for hydroxylation is 1. The van der Waals surface area contributed by atoms with Gasteiger partial charge in [-0.25, -0.2) is 0 Å². The molecule has 1 aliphatic heterocycles. The molecule has 0 spiro atoms. The van der Waals surface area contributed by atoms with E-state index in [1.165, 1.54) is 12.1 Å². The quantitative estimate of drug-likeness (QED) is 0.632. The lowest BCUT2D eigenvalue weighted by Gasteiger charge is -2.23. The zero-order valence-electron chi connectivity index (χ0n) is 17.0. The highest BCUT2D eigenvalue weighted by Crippen LogP contribution is 2.36. The molecule has 0 aromatic heterocycles.